The number of fused-ring (bicyclic) bond motifs is 1. The Morgan fingerprint density at radius 1 is 1.04 bits per heavy atom. The predicted octanol–water partition coefficient (Wildman–Crippen LogP) is 1.62. The van der Waals surface area contributed by atoms with Gasteiger partial charge in [-0.25, -0.2) is 9.67 Å². The van der Waals surface area contributed by atoms with Crippen LogP contribution >= 0.6 is 0 Å². The number of rotatable bonds is 7. The van der Waals surface area contributed by atoms with Crippen LogP contribution in [0.15, 0.2) is 67.3 Å². The number of carbonyl (C=O) groups is 1. The molecule has 1 N–H and O–H groups in total. The van der Waals surface area contributed by atoms with Crippen molar-refractivity contribution in [3.05, 3.63) is 72.8 Å². The van der Waals surface area contributed by atoms with Gasteiger partial charge in [0.15, 0.2) is 0 Å². The van der Waals surface area contributed by atoms with E-state index in [1.807, 2.05) is 59.2 Å². The van der Waals surface area contributed by atoms with Gasteiger partial charge in [-0.1, -0.05) is 42.5 Å². The van der Waals surface area contributed by atoms with E-state index in [4.69, 9.17) is 0 Å². The number of aromatic nitrogens is 6. The smallest absolute Gasteiger partial charge is 0.245 e. The van der Waals surface area contributed by atoms with Crippen LogP contribution in [-0.2, 0) is 17.8 Å². The molecular weight excluding hydrogens is 342 g/mol. The number of nitrogens with zero attached hydrogens (tertiary/aromatic N) is 6. The summed E-state index contributed by atoms with van der Waals surface area (Å²) < 4.78 is 3.52. The van der Waals surface area contributed by atoms with Crippen LogP contribution in [0.3, 0.4) is 0 Å². The van der Waals surface area contributed by atoms with E-state index in [1.54, 1.807) is 6.33 Å². The average molecular weight is 361 g/mol. The minimum atomic E-state index is -0.498. The van der Waals surface area contributed by atoms with Crippen molar-refractivity contribution in [3.63, 3.8) is 0 Å². The second-order valence-electron chi connectivity index (χ2n) is 6.21. The lowest BCUT2D eigenvalue weighted by molar-refractivity contribution is -0.124. The summed E-state index contributed by atoms with van der Waals surface area (Å²) in [5.74, 6) is -0.115. The van der Waals surface area contributed by atoms with E-state index in [-0.39, 0.29) is 5.91 Å². The van der Waals surface area contributed by atoms with Crippen LogP contribution in [0.4, 0.5) is 0 Å². The minimum absolute atomic E-state index is 0.115. The molecule has 2 aromatic heterocycles. The fourth-order valence-electron chi connectivity index (χ4n) is 3.06. The van der Waals surface area contributed by atoms with Gasteiger partial charge >= 0.3 is 0 Å². The summed E-state index contributed by atoms with van der Waals surface area (Å²) in [5.41, 5.74) is 3.04. The number of benzene rings is 2. The molecule has 8 heteroatoms. The zero-order chi connectivity index (χ0) is 18.5. The van der Waals surface area contributed by atoms with Crippen LogP contribution in [0.5, 0.6) is 0 Å². The Morgan fingerprint density at radius 3 is 2.67 bits per heavy atom. The van der Waals surface area contributed by atoms with Crippen LogP contribution in [-0.4, -0.2) is 42.2 Å². The van der Waals surface area contributed by atoms with Crippen LogP contribution in [0.2, 0.25) is 0 Å². The molecule has 8 nitrogen and oxygen atoms in total. The van der Waals surface area contributed by atoms with Gasteiger partial charge in [0.1, 0.15) is 12.4 Å². The quantitative estimate of drug-likeness (QED) is 0.540. The normalized spacial score (nSPS) is 12.1. The van der Waals surface area contributed by atoms with Gasteiger partial charge in [-0.05, 0) is 28.1 Å². The molecule has 0 saturated carbocycles. The monoisotopic (exact) mass is 361 g/mol. The number of imidazole rings is 1. The molecule has 1 atom stereocenters. The van der Waals surface area contributed by atoms with Gasteiger partial charge in [0.25, 0.3) is 0 Å². The van der Waals surface area contributed by atoms with Crippen molar-refractivity contribution in [2.45, 2.75) is 19.0 Å². The summed E-state index contributed by atoms with van der Waals surface area (Å²) in [4.78, 5) is 17.2. The largest absolute Gasteiger partial charge is 0.352 e. The zero-order valence-electron chi connectivity index (χ0n) is 14.6. The van der Waals surface area contributed by atoms with Crippen molar-refractivity contribution in [2.24, 2.45) is 0 Å². The molecule has 0 aliphatic carbocycles. The number of nitrogens with one attached hydrogen (secondary N) is 1. The van der Waals surface area contributed by atoms with E-state index in [0.717, 1.165) is 16.6 Å². The molecule has 136 valence electrons. The van der Waals surface area contributed by atoms with E-state index in [1.165, 1.54) is 11.0 Å². The number of hydrogen-bond acceptors (Lipinski definition) is 5. The van der Waals surface area contributed by atoms with Gasteiger partial charge in [-0.15, -0.1) is 5.10 Å². The maximum Gasteiger partial charge on any atom is 0.245 e. The number of tetrazole rings is 1. The molecule has 0 saturated heterocycles. The van der Waals surface area contributed by atoms with Crippen LogP contribution in [0.25, 0.3) is 11.0 Å². The first-order valence-electron chi connectivity index (χ1n) is 8.75. The van der Waals surface area contributed by atoms with Gasteiger partial charge in [0.05, 0.1) is 17.4 Å². The predicted molar refractivity (Wildman–Crippen MR) is 99.7 cm³/mol. The highest BCUT2D eigenvalue weighted by atomic mass is 16.2. The maximum atomic E-state index is 12.8. The van der Waals surface area contributed by atoms with E-state index in [0.29, 0.717) is 19.5 Å². The molecule has 2 heterocycles. The molecule has 0 radical (unpaired) electrons. The molecular formula is C19H19N7O. The Hall–Kier alpha value is -3.55. The maximum absolute atomic E-state index is 12.8. The molecule has 4 rings (SSSR count). The molecule has 0 bridgehead atoms. The molecule has 0 aliphatic heterocycles. The molecule has 0 aliphatic rings. The standard InChI is InChI=1S/C19H19N7O/c27-19(20-10-11-25-13-21-16-8-4-5-9-17(16)25)18(26-14-22-23-24-26)12-15-6-2-1-3-7-15/h1-9,13-14,18H,10-12H2,(H,20,27)/t18-/m1/s1. The summed E-state index contributed by atoms with van der Waals surface area (Å²) in [6, 6.07) is 17.3. The Balaban J connectivity index is 1.42. The van der Waals surface area contributed by atoms with Crippen LogP contribution in [0, 0.1) is 0 Å². The topological polar surface area (TPSA) is 90.5 Å². The van der Waals surface area contributed by atoms with Crippen molar-refractivity contribution in [3.8, 4) is 0 Å². The number of hydrogen-bond donors (Lipinski definition) is 1. The van der Waals surface area contributed by atoms with Crippen molar-refractivity contribution in [2.75, 3.05) is 6.54 Å². The fourth-order valence-corrected chi connectivity index (χ4v) is 3.06. The van der Waals surface area contributed by atoms with Crippen molar-refractivity contribution >= 4 is 16.9 Å². The molecule has 0 unspecified atom stereocenters. The summed E-state index contributed by atoms with van der Waals surface area (Å²) in [6.45, 7) is 1.13. The second-order valence-corrected chi connectivity index (χ2v) is 6.21. The second kappa shape index (κ2) is 7.77. The fraction of sp³-hybridized carbons (Fsp3) is 0.211. The first kappa shape index (κ1) is 16.9. The van der Waals surface area contributed by atoms with Crippen LogP contribution in [0.1, 0.15) is 11.6 Å². The van der Waals surface area contributed by atoms with Gasteiger partial charge < -0.3 is 9.88 Å². The Labute approximate surface area is 155 Å². The van der Waals surface area contributed by atoms with Gasteiger partial charge in [-0.2, -0.15) is 0 Å². The molecule has 4 aromatic rings. The Morgan fingerprint density at radius 2 is 1.85 bits per heavy atom. The summed E-state index contributed by atoms with van der Waals surface area (Å²) in [5, 5.41) is 14.2. The lowest BCUT2D eigenvalue weighted by Crippen LogP contribution is -2.36. The Bertz CT molecular complexity index is 1010. The number of para-hydroxylation sites is 2. The highest BCUT2D eigenvalue weighted by Crippen LogP contribution is 2.14. The average Bonchev–Trinajstić information content (AvgIpc) is 3.37. The SMILES string of the molecule is O=C(NCCn1cnc2ccccc21)[C@@H](Cc1ccccc1)n1cnnn1. The van der Waals surface area contributed by atoms with Crippen molar-refractivity contribution < 1.29 is 4.79 Å². The third-order valence-electron chi connectivity index (χ3n) is 4.44. The highest BCUT2D eigenvalue weighted by Gasteiger charge is 2.22. The van der Waals surface area contributed by atoms with Crippen molar-refractivity contribution in [1.29, 1.82) is 0 Å². The molecule has 0 spiro atoms. The third kappa shape index (κ3) is 3.84. The van der Waals surface area contributed by atoms with Gasteiger partial charge in [0.2, 0.25) is 5.91 Å². The van der Waals surface area contributed by atoms with E-state index >= 15 is 0 Å². The lowest BCUT2D eigenvalue weighted by Gasteiger charge is -2.16. The summed E-state index contributed by atoms with van der Waals surface area (Å²) in [6.07, 6.45) is 3.78. The molecule has 0 fully saturated rings. The first-order valence-corrected chi connectivity index (χ1v) is 8.75. The van der Waals surface area contributed by atoms with E-state index in [9.17, 15) is 4.79 Å². The first-order chi connectivity index (χ1) is 13.3. The van der Waals surface area contributed by atoms with Gasteiger partial charge in [0, 0.05) is 19.5 Å². The summed E-state index contributed by atoms with van der Waals surface area (Å²) in [7, 11) is 0. The Kier molecular flexibility index (Phi) is 4.86. The summed E-state index contributed by atoms with van der Waals surface area (Å²) >= 11 is 0. The van der Waals surface area contributed by atoms with Gasteiger partial charge in [-0.3, -0.25) is 4.79 Å². The van der Waals surface area contributed by atoms with Crippen LogP contribution < -0.4 is 5.32 Å². The zero-order valence-corrected chi connectivity index (χ0v) is 14.6. The van der Waals surface area contributed by atoms with E-state index in [2.05, 4.69) is 25.8 Å². The number of carbonyl (C=O) groups excluding carboxylic acids is 1. The highest BCUT2D eigenvalue weighted by molar-refractivity contribution is 5.80. The third-order valence-corrected chi connectivity index (χ3v) is 4.44. The number of amides is 1. The molecule has 27 heavy (non-hydrogen) atoms. The molecule has 1 amide bonds. The lowest BCUT2D eigenvalue weighted by atomic mass is 10.1. The molecule has 2 aromatic carbocycles. The van der Waals surface area contributed by atoms with Crippen molar-refractivity contribution in [1.82, 2.24) is 35.1 Å². The minimum Gasteiger partial charge on any atom is -0.352 e. The van der Waals surface area contributed by atoms with E-state index < -0.39 is 6.04 Å².